The number of likely N-dealkylation sites (tertiary alicyclic amines) is 1. The van der Waals surface area contributed by atoms with E-state index in [2.05, 4.69) is 0 Å². The van der Waals surface area contributed by atoms with Gasteiger partial charge in [-0.25, -0.2) is 0 Å². The van der Waals surface area contributed by atoms with E-state index in [0.29, 0.717) is 6.54 Å². The number of ether oxygens (including phenoxy) is 2. The van der Waals surface area contributed by atoms with Gasteiger partial charge in [-0.1, -0.05) is 30.3 Å². The van der Waals surface area contributed by atoms with Crippen molar-refractivity contribution in [2.75, 3.05) is 14.2 Å². The van der Waals surface area contributed by atoms with Gasteiger partial charge in [0.2, 0.25) is 0 Å². The van der Waals surface area contributed by atoms with Gasteiger partial charge in [0.05, 0.1) is 0 Å². The Morgan fingerprint density at radius 1 is 1.22 bits per heavy atom. The lowest BCUT2D eigenvalue weighted by Crippen LogP contribution is -2.37. The van der Waals surface area contributed by atoms with Crippen LogP contribution in [0.15, 0.2) is 30.3 Å². The number of aliphatic hydroxyl groups is 1. The predicted octanol–water partition coefficient (Wildman–Crippen LogP) is 0.377. The highest BCUT2D eigenvalue weighted by atomic mass is 16.5. The SMILES string of the molecule is CO[C@H]1C(=O)N(Cc2ccccc2)C(O)[C@@H]1OC. The molecule has 1 heterocycles. The molecule has 18 heavy (non-hydrogen) atoms. The molecule has 98 valence electrons. The highest BCUT2D eigenvalue weighted by Gasteiger charge is 2.48. The molecule has 0 bridgehead atoms. The van der Waals surface area contributed by atoms with E-state index in [0.717, 1.165) is 5.56 Å². The number of benzene rings is 1. The number of nitrogens with zero attached hydrogens (tertiary/aromatic N) is 1. The number of hydrogen-bond donors (Lipinski definition) is 1. The fourth-order valence-electron chi connectivity index (χ4n) is 2.20. The predicted molar refractivity (Wildman–Crippen MR) is 64.6 cm³/mol. The summed E-state index contributed by atoms with van der Waals surface area (Å²) < 4.78 is 10.2. The van der Waals surface area contributed by atoms with E-state index in [1.54, 1.807) is 0 Å². The second-order valence-electron chi connectivity index (χ2n) is 4.22. The third kappa shape index (κ3) is 2.25. The van der Waals surface area contributed by atoms with Crippen LogP contribution >= 0.6 is 0 Å². The molecule has 5 heteroatoms. The molecule has 5 nitrogen and oxygen atoms in total. The van der Waals surface area contributed by atoms with Crippen LogP contribution in [0.25, 0.3) is 0 Å². The van der Waals surface area contributed by atoms with Crippen LogP contribution in [0.3, 0.4) is 0 Å². The van der Waals surface area contributed by atoms with E-state index in [-0.39, 0.29) is 5.91 Å². The lowest BCUT2D eigenvalue weighted by molar-refractivity contribution is -0.140. The van der Waals surface area contributed by atoms with E-state index >= 15 is 0 Å². The highest BCUT2D eigenvalue weighted by molar-refractivity contribution is 5.84. The van der Waals surface area contributed by atoms with Gasteiger partial charge in [-0.05, 0) is 5.56 Å². The smallest absolute Gasteiger partial charge is 0.257 e. The molecule has 1 amide bonds. The van der Waals surface area contributed by atoms with E-state index in [9.17, 15) is 9.90 Å². The van der Waals surface area contributed by atoms with Crippen molar-refractivity contribution in [2.24, 2.45) is 0 Å². The Morgan fingerprint density at radius 3 is 2.39 bits per heavy atom. The van der Waals surface area contributed by atoms with E-state index < -0.39 is 18.4 Å². The Kier molecular flexibility index (Phi) is 3.96. The van der Waals surface area contributed by atoms with Crippen molar-refractivity contribution >= 4 is 5.91 Å². The minimum absolute atomic E-state index is 0.249. The Labute approximate surface area is 106 Å². The van der Waals surface area contributed by atoms with Gasteiger partial charge in [-0.3, -0.25) is 4.79 Å². The third-order valence-corrected chi connectivity index (χ3v) is 3.16. The molecular formula is C13H17NO4. The van der Waals surface area contributed by atoms with Crippen molar-refractivity contribution in [3.8, 4) is 0 Å². The summed E-state index contributed by atoms with van der Waals surface area (Å²) in [7, 11) is 2.90. The largest absolute Gasteiger partial charge is 0.373 e. The number of methoxy groups -OCH3 is 2. The van der Waals surface area contributed by atoms with Gasteiger partial charge in [0.15, 0.2) is 12.3 Å². The van der Waals surface area contributed by atoms with Crippen molar-refractivity contribution in [3.63, 3.8) is 0 Å². The standard InChI is InChI=1S/C13H17NO4/c1-17-10-11(18-2)13(16)14(12(10)15)8-9-6-4-3-5-7-9/h3-7,10-12,15H,8H2,1-2H3/t10-,11-,12?/m1/s1. The summed E-state index contributed by atoms with van der Waals surface area (Å²) in [5, 5.41) is 10.1. The van der Waals surface area contributed by atoms with Gasteiger partial charge in [-0.2, -0.15) is 0 Å². The maximum absolute atomic E-state index is 12.1. The molecule has 1 aliphatic rings. The van der Waals surface area contributed by atoms with Gasteiger partial charge in [0.1, 0.15) is 6.10 Å². The quantitative estimate of drug-likeness (QED) is 0.840. The second-order valence-corrected chi connectivity index (χ2v) is 4.22. The molecule has 2 rings (SSSR count). The number of carbonyl (C=O) groups excluding carboxylic acids is 1. The minimum Gasteiger partial charge on any atom is -0.373 e. The summed E-state index contributed by atoms with van der Waals surface area (Å²) >= 11 is 0. The van der Waals surface area contributed by atoms with Crippen molar-refractivity contribution in [1.82, 2.24) is 4.90 Å². The van der Waals surface area contributed by atoms with Gasteiger partial charge in [0.25, 0.3) is 5.91 Å². The fourth-order valence-corrected chi connectivity index (χ4v) is 2.20. The minimum atomic E-state index is -0.979. The van der Waals surface area contributed by atoms with Gasteiger partial charge >= 0.3 is 0 Å². The van der Waals surface area contributed by atoms with E-state index in [1.807, 2.05) is 30.3 Å². The molecule has 0 aliphatic carbocycles. The first-order valence-corrected chi connectivity index (χ1v) is 5.77. The molecule has 1 saturated heterocycles. The molecule has 1 aromatic carbocycles. The number of carbonyl (C=O) groups is 1. The molecule has 1 aromatic rings. The number of amides is 1. The maximum atomic E-state index is 12.1. The van der Waals surface area contributed by atoms with Crippen molar-refractivity contribution < 1.29 is 19.4 Å². The average molecular weight is 251 g/mol. The van der Waals surface area contributed by atoms with Gasteiger partial charge in [0, 0.05) is 20.8 Å². The second kappa shape index (κ2) is 5.48. The van der Waals surface area contributed by atoms with Crippen LogP contribution < -0.4 is 0 Å². The molecular weight excluding hydrogens is 234 g/mol. The van der Waals surface area contributed by atoms with Crippen LogP contribution in [-0.4, -0.2) is 48.6 Å². The summed E-state index contributed by atoms with van der Waals surface area (Å²) in [6.07, 6.45) is -2.37. The molecule has 1 N–H and O–H groups in total. The summed E-state index contributed by atoms with van der Waals surface area (Å²) in [5.74, 6) is -0.249. The normalized spacial score (nSPS) is 27.8. The fraction of sp³-hybridized carbons (Fsp3) is 0.462. The molecule has 1 aliphatic heterocycles. The Balaban J connectivity index is 2.16. The van der Waals surface area contributed by atoms with Gasteiger partial charge in [-0.15, -0.1) is 0 Å². The zero-order valence-electron chi connectivity index (χ0n) is 10.4. The Bertz CT molecular complexity index is 409. The number of hydrogen-bond acceptors (Lipinski definition) is 4. The van der Waals surface area contributed by atoms with Crippen molar-refractivity contribution in [1.29, 1.82) is 0 Å². The molecule has 1 unspecified atom stereocenters. The molecule has 0 spiro atoms. The van der Waals surface area contributed by atoms with Crippen LogP contribution in [0.5, 0.6) is 0 Å². The molecule has 0 radical (unpaired) electrons. The first-order chi connectivity index (χ1) is 8.69. The van der Waals surface area contributed by atoms with Crippen LogP contribution in [0, 0.1) is 0 Å². The average Bonchev–Trinajstić information content (AvgIpc) is 2.63. The molecule has 0 aromatic heterocycles. The summed E-state index contributed by atoms with van der Waals surface area (Å²) in [6.45, 7) is 0.348. The zero-order chi connectivity index (χ0) is 13.1. The lowest BCUT2D eigenvalue weighted by Gasteiger charge is -2.22. The van der Waals surface area contributed by atoms with Crippen LogP contribution in [0.2, 0.25) is 0 Å². The summed E-state index contributed by atoms with van der Waals surface area (Å²) in [6, 6.07) is 9.50. The van der Waals surface area contributed by atoms with Crippen molar-refractivity contribution in [2.45, 2.75) is 25.0 Å². The van der Waals surface area contributed by atoms with E-state index in [1.165, 1.54) is 19.1 Å². The van der Waals surface area contributed by atoms with Crippen LogP contribution in [0.4, 0.5) is 0 Å². The third-order valence-electron chi connectivity index (χ3n) is 3.16. The maximum Gasteiger partial charge on any atom is 0.257 e. The molecule has 0 saturated carbocycles. The van der Waals surface area contributed by atoms with Crippen LogP contribution in [-0.2, 0) is 20.8 Å². The van der Waals surface area contributed by atoms with Crippen molar-refractivity contribution in [3.05, 3.63) is 35.9 Å². The molecule has 3 atom stereocenters. The zero-order valence-corrected chi connectivity index (χ0v) is 10.4. The Morgan fingerprint density at radius 2 is 1.89 bits per heavy atom. The summed E-state index contributed by atoms with van der Waals surface area (Å²) in [4.78, 5) is 13.5. The first kappa shape index (κ1) is 13.0. The first-order valence-electron chi connectivity index (χ1n) is 5.77. The summed E-state index contributed by atoms with van der Waals surface area (Å²) in [5.41, 5.74) is 0.955. The number of rotatable bonds is 4. The monoisotopic (exact) mass is 251 g/mol. The number of aliphatic hydroxyl groups excluding tert-OH is 1. The lowest BCUT2D eigenvalue weighted by atomic mass is 10.2. The topological polar surface area (TPSA) is 59.0 Å². The highest BCUT2D eigenvalue weighted by Crippen LogP contribution is 2.24. The van der Waals surface area contributed by atoms with Crippen LogP contribution in [0.1, 0.15) is 5.56 Å². The van der Waals surface area contributed by atoms with E-state index in [4.69, 9.17) is 9.47 Å². The van der Waals surface area contributed by atoms with Gasteiger partial charge < -0.3 is 19.5 Å². The Hall–Kier alpha value is -1.43. The molecule has 1 fully saturated rings.